The third kappa shape index (κ3) is 2.02. The number of benzene rings is 1. The van der Waals surface area contributed by atoms with Gasteiger partial charge in [0.25, 0.3) is 0 Å². The molecule has 0 heterocycles. The molecular formula is C12H14O3. The number of carbonyl (C=O) groups is 1. The zero-order valence-electron chi connectivity index (χ0n) is 8.44. The minimum atomic E-state index is -0.873. The molecule has 3 heteroatoms. The predicted octanol–water partition coefficient (Wildman–Crippen LogP) is 1.48. The summed E-state index contributed by atoms with van der Waals surface area (Å²) in [5.41, 5.74) is 2.67. The average Bonchev–Trinajstić information content (AvgIpc) is 2.27. The van der Waals surface area contributed by atoms with Crippen LogP contribution in [0.2, 0.25) is 0 Å². The molecule has 0 saturated heterocycles. The lowest BCUT2D eigenvalue weighted by Crippen LogP contribution is -2.17. The number of aliphatic hydroxyl groups excluding tert-OH is 1. The molecule has 15 heavy (non-hydrogen) atoms. The molecular weight excluding hydrogens is 192 g/mol. The molecule has 0 radical (unpaired) electrons. The molecule has 0 bridgehead atoms. The first kappa shape index (κ1) is 10.2. The van der Waals surface area contributed by atoms with Crippen LogP contribution in [0.3, 0.4) is 0 Å². The maximum absolute atomic E-state index is 10.8. The highest BCUT2D eigenvalue weighted by Gasteiger charge is 2.18. The first-order chi connectivity index (χ1) is 7.20. The summed E-state index contributed by atoms with van der Waals surface area (Å²) in [6.45, 7) is 0.222. The van der Waals surface area contributed by atoms with Gasteiger partial charge in [-0.2, -0.15) is 0 Å². The van der Waals surface area contributed by atoms with Crippen molar-refractivity contribution in [3.63, 3.8) is 0 Å². The molecule has 0 amide bonds. The van der Waals surface area contributed by atoms with Crippen molar-refractivity contribution in [3.05, 3.63) is 34.9 Å². The van der Waals surface area contributed by atoms with Crippen molar-refractivity contribution in [2.45, 2.75) is 19.3 Å². The van der Waals surface area contributed by atoms with Crippen LogP contribution >= 0.6 is 0 Å². The number of aliphatic hydroxyl groups is 1. The SMILES string of the molecule is O=C(O)c1ccc2c(c1)CCC(CO)C2. The van der Waals surface area contributed by atoms with E-state index in [-0.39, 0.29) is 6.61 Å². The first-order valence-corrected chi connectivity index (χ1v) is 5.16. The molecule has 0 fully saturated rings. The summed E-state index contributed by atoms with van der Waals surface area (Å²) in [6.07, 6.45) is 2.69. The number of rotatable bonds is 2. The minimum absolute atomic E-state index is 0.222. The topological polar surface area (TPSA) is 57.5 Å². The Balaban J connectivity index is 2.28. The van der Waals surface area contributed by atoms with Gasteiger partial charge < -0.3 is 10.2 Å². The molecule has 2 rings (SSSR count). The molecule has 1 atom stereocenters. The van der Waals surface area contributed by atoms with Gasteiger partial charge in [0, 0.05) is 6.61 Å². The minimum Gasteiger partial charge on any atom is -0.478 e. The largest absolute Gasteiger partial charge is 0.478 e. The third-order valence-corrected chi connectivity index (χ3v) is 3.04. The van der Waals surface area contributed by atoms with E-state index in [1.54, 1.807) is 12.1 Å². The first-order valence-electron chi connectivity index (χ1n) is 5.16. The smallest absolute Gasteiger partial charge is 0.335 e. The van der Waals surface area contributed by atoms with Gasteiger partial charge in [0.1, 0.15) is 0 Å². The fourth-order valence-corrected chi connectivity index (χ4v) is 2.12. The molecule has 0 aromatic heterocycles. The molecule has 1 aromatic rings. The van der Waals surface area contributed by atoms with Crippen molar-refractivity contribution in [2.24, 2.45) is 5.92 Å². The highest BCUT2D eigenvalue weighted by atomic mass is 16.4. The molecule has 0 aliphatic heterocycles. The highest BCUT2D eigenvalue weighted by Crippen LogP contribution is 2.26. The van der Waals surface area contributed by atoms with Crippen LogP contribution in [0.1, 0.15) is 27.9 Å². The van der Waals surface area contributed by atoms with E-state index in [1.165, 1.54) is 5.56 Å². The lowest BCUT2D eigenvalue weighted by atomic mass is 9.83. The number of hydrogen-bond acceptors (Lipinski definition) is 2. The van der Waals surface area contributed by atoms with Crippen LogP contribution in [-0.4, -0.2) is 22.8 Å². The monoisotopic (exact) mass is 206 g/mol. The van der Waals surface area contributed by atoms with E-state index < -0.39 is 5.97 Å². The maximum atomic E-state index is 10.8. The Hall–Kier alpha value is -1.35. The molecule has 1 aliphatic carbocycles. The zero-order valence-corrected chi connectivity index (χ0v) is 8.44. The van der Waals surface area contributed by atoms with E-state index in [0.29, 0.717) is 11.5 Å². The lowest BCUT2D eigenvalue weighted by Gasteiger charge is -2.23. The average molecular weight is 206 g/mol. The number of fused-ring (bicyclic) bond motifs is 1. The van der Waals surface area contributed by atoms with Crippen molar-refractivity contribution >= 4 is 5.97 Å². The van der Waals surface area contributed by atoms with Gasteiger partial charge >= 0.3 is 5.97 Å². The fraction of sp³-hybridized carbons (Fsp3) is 0.417. The highest BCUT2D eigenvalue weighted by molar-refractivity contribution is 5.87. The standard InChI is InChI=1S/C12H14O3/c13-7-8-1-2-10-6-11(12(14)15)4-3-9(10)5-8/h3-4,6,8,13H,1-2,5,7H2,(H,14,15). The molecule has 3 nitrogen and oxygen atoms in total. The second-order valence-corrected chi connectivity index (χ2v) is 4.08. The Labute approximate surface area is 88.4 Å². The summed E-state index contributed by atoms with van der Waals surface area (Å²) in [6, 6.07) is 5.27. The van der Waals surface area contributed by atoms with Crippen molar-refractivity contribution in [2.75, 3.05) is 6.61 Å². The van der Waals surface area contributed by atoms with Gasteiger partial charge in [0.2, 0.25) is 0 Å². The van der Waals surface area contributed by atoms with Crippen LogP contribution in [0, 0.1) is 5.92 Å². The van der Waals surface area contributed by atoms with Crippen molar-refractivity contribution in [3.8, 4) is 0 Å². The van der Waals surface area contributed by atoms with E-state index in [2.05, 4.69) is 0 Å². The molecule has 1 aromatic carbocycles. The second-order valence-electron chi connectivity index (χ2n) is 4.08. The van der Waals surface area contributed by atoms with Gasteiger partial charge in [-0.3, -0.25) is 0 Å². The predicted molar refractivity (Wildman–Crippen MR) is 56.0 cm³/mol. The Morgan fingerprint density at radius 1 is 1.40 bits per heavy atom. The van der Waals surface area contributed by atoms with Crippen molar-refractivity contribution in [1.29, 1.82) is 0 Å². The number of carboxylic acids is 1. The Bertz CT molecular complexity index is 384. The Morgan fingerprint density at radius 3 is 2.87 bits per heavy atom. The van der Waals surface area contributed by atoms with Crippen molar-refractivity contribution < 1.29 is 15.0 Å². The number of aryl methyl sites for hydroxylation is 1. The maximum Gasteiger partial charge on any atom is 0.335 e. The Morgan fingerprint density at radius 2 is 2.20 bits per heavy atom. The third-order valence-electron chi connectivity index (χ3n) is 3.04. The molecule has 80 valence electrons. The fourth-order valence-electron chi connectivity index (χ4n) is 2.12. The molecule has 2 N–H and O–H groups in total. The zero-order chi connectivity index (χ0) is 10.8. The second kappa shape index (κ2) is 4.03. The summed E-state index contributed by atoms with van der Waals surface area (Å²) in [4.78, 5) is 10.8. The Kier molecular flexibility index (Phi) is 2.73. The van der Waals surface area contributed by atoms with Crippen LogP contribution in [0.15, 0.2) is 18.2 Å². The van der Waals surface area contributed by atoms with E-state index >= 15 is 0 Å². The van der Waals surface area contributed by atoms with Crippen LogP contribution in [0.5, 0.6) is 0 Å². The van der Waals surface area contributed by atoms with E-state index in [1.807, 2.05) is 6.07 Å². The summed E-state index contributed by atoms with van der Waals surface area (Å²) in [5.74, 6) is -0.532. The lowest BCUT2D eigenvalue weighted by molar-refractivity contribution is 0.0696. The van der Waals surface area contributed by atoms with Gasteiger partial charge in [-0.1, -0.05) is 6.07 Å². The van der Waals surface area contributed by atoms with Gasteiger partial charge in [0.15, 0.2) is 0 Å². The number of carboxylic acid groups (broad SMARTS) is 1. The van der Waals surface area contributed by atoms with Crippen LogP contribution in [0.4, 0.5) is 0 Å². The normalized spacial score (nSPS) is 19.7. The van der Waals surface area contributed by atoms with E-state index in [4.69, 9.17) is 10.2 Å². The van der Waals surface area contributed by atoms with Gasteiger partial charge in [-0.25, -0.2) is 4.79 Å². The summed E-state index contributed by atoms with van der Waals surface area (Å²) >= 11 is 0. The number of hydrogen-bond donors (Lipinski definition) is 2. The van der Waals surface area contributed by atoms with E-state index in [0.717, 1.165) is 24.8 Å². The molecule has 1 aliphatic rings. The van der Waals surface area contributed by atoms with Crippen LogP contribution in [0.25, 0.3) is 0 Å². The van der Waals surface area contributed by atoms with Crippen LogP contribution in [-0.2, 0) is 12.8 Å². The summed E-state index contributed by atoms with van der Waals surface area (Å²) in [7, 11) is 0. The summed E-state index contributed by atoms with van der Waals surface area (Å²) in [5, 5.41) is 17.9. The van der Waals surface area contributed by atoms with Gasteiger partial charge in [-0.05, 0) is 48.4 Å². The van der Waals surface area contributed by atoms with Crippen LogP contribution < -0.4 is 0 Å². The molecule has 1 unspecified atom stereocenters. The van der Waals surface area contributed by atoms with Gasteiger partial charge in [-0.15, -0.1) is 0 Å². The quantitative estimate of drug-likeness (QED) is 0.770. The van der Waals surface area contributed by atoms with Gasteiger partial charge in [0.05, 0.1) is 5.56 Å². The molecule has 0 saturated carbocycles. The molecule has 0 spiro atoms. The number of aromatic carboxylic acids is 1. The van der Waals surface area contributed by atoms with E-state index in [9.17, 15) is 4.79 Å². The van der Waals surface area contributed by atoms with Crippen molar-refractivity contribution in [1.82, 2.24) is 0 Å². The summed E-state index contributed by atoms with van der Waals surface area (Å²) < 4.78 is 0.